The zero-order chi connectivity index (χ0) is 25.2. The van der Waals surface area contributed by atoms with Crippen LogP contribution < -0.4 is 14.2 Å². The Bertz CT molecular complexity index is 1230. The van der Waals surface area contributed by atoms with Crippen LogP contribution in [0.5, 0.6) is 17.2 Å². The number of nitrogens with zero attached hydrogens (tertiary/aromatic N) is 3. The van der Waals surface area contributed by atoms with E-state index in [0.29, 0.717) is 43.2 Å². The molecule has 9 heteroatoms. The molecule has 0 N–H and O–H groups in total. The smallest absolute Gasteiger partial charge is 0.354 e. The monoisotopic (exact) mass is 473 g/mol. The standard InChI is InChI=1S/C26H23N3O6/c1-32-22-6-3-18(4-7-22)13-21(17-28)26(31)35-23-8-5-19(15-24(23)33-2)14-20(16-27)25(30)29-9-11-34-12-10-29/h3-8,13-15H,9-12H2,1-2H3/b20-14+,21-13+. The van der Waals surface area contributed by atoms with Crippen molar-refractivity contribution in [2.45, 2.75) is 0 Å². The van der Waals surface area contributed by atoms with E-state index in [4.69, 9.17) is 18.9 Å². The molecular weight excluding hydrogens is 450 g/mol. The van der Waals surface area contributed by atoms with Crippen molar-refractivity contribution in [3.8, 4) is 29.4 Å². The van der Waals surface area contributed by atoms with Crippen molar-refractivity contribution in [2.75, 3.05) is 40.5 Å². The molecule has 2 aromatic rings. The van der Waals surface area contributed by atoms with Gasteiger partial charge in [-0.2, -0.15) is 10.5 Å². The number of benzene rings is 2. The van der Waals surface area contributed by atoms with Crippen molar-refractivity contribution in [2.24, 2.45) is 0 Å². The van der Waals surface area contributed by atoms with Crippen molar-refractivity contribution < 1.29 is 28.5 Å². The third kappa shape index (κ3) is 6.47. The Morgan fingerprint density at radius 1 is 0.886 bits per heavy atom. The number of hydrogen-bond donors (Lipinski definition) is 0. The molecule has 2 aromatic carbocycles. The van der Waals surface area contributed by atoms with Crippen LogP contribution in [0.1, 0.15) is 11.1 Å². The van der Waals surface area contributed by atoms with Crippen LogP contribution in [0, 0.1) is 22.7 Å². The summed E-state index contributed by atoms with van der Waals surface area (Å²) in [7, 11) is 2.93. The highest BCUT2D eigenvalue weighted by Crippen LogP contribution is 2.30. The van der Waals surface area contributed by atoms with E-state index in [1.165, 1.54) is 31.4 Å². The second-order valence-electron chi connectivity index (χ2n) is 7.32. The number of esters is 1. The van der Waals surface area contributed by atoms with Gasteiger partial charge in [0, 0.05) is 13.1 Å². The van der Waals surface area contributed by atoms with Gasteiger partial charge in [-0.15, -0.1) is 0 Å². The summed E-state index contributed by atoms with van der Waals surface area (Å²) in [5.41, 5.74) is 0.895. The number of carbonyl (C=O) groups is 2. The fraction of sp³-hybridized carbons (Fsp3) is 0.231. The van der Waals surface area contributed by atoms with Gasteiger partial charge in [-0.05, 0) is 47.5 Å². The number of methoxy groups -OCH3 is 2. The van der Waals surface area contributed by atoms with Gasteiger partial charge in [-0.25, -0.2) is 4.79 Å². The molecule has 1 heterocycles. The average Bonchev–Trinajstić information content (AvgIpc) is 2.91. The summed E-state index contributed by atoms with van der Waals surface area (Å²) in [5.74, 6) is -0.306. The maximum Gasteiger partial charge on any atom is 0.354 e. The summed E-state index contributed by atoms with van der Waals surface area (Å²) in [4.78, 5) is 26.8. The van der Waals surface area contributed by atoms with Gasteiger partial charge in [0.1, 0.15) is 29.0 Å². The molecule has 0 unspecified atom stereocenters. The molecule has 0 aliphatic carbocycles. The Hall–Kier alpha value is -4.60. The number of rotatable bonds is 7. The molecule has 3 rings (SSSR count). The third-order valence-electron chi connectivity index (χ3n) is 5.12. The van der Waals surface area contributed by atoms with Crippen molar-refractivity contribution >= 4 is 24.0 Å². The summed E-state index contributed by atoms with van der Waals surface area (Å²) >= 11 is 0. The number of carbonyl (C=O) groups excluding carboxylic acids is 2. The summed E-state index contributed by atoms with van der Waals surface area (Å²) in [6.07, 6.45) is 2.85. The zero-order valence-corrected chi connectivity index (χ0v) is 19.3. The molecule has 9 nitrogen and oxygen atoms in total. The normalized spacial score (nSPS) is 13.9. The molecule has 178 valence electrons. The van der Waals surface area contributed by atoms with Crippen LogP contribution in [0.4, 0.5) is 0 Å². The maximum atomic E-state index is 12.6. The van der Waals surface area contributed by atoms with Gasteiger partial charge in [-0.1, -0.05) is 18.2 Å². The number of amides is 1. The number of ether oxygens (including phenoxy) is 4. The Morgan fingerprint density at radius 2 is 1.51 bits per heavy atom. The first-order chi connectivity index (χ1) is 17.0. The van der Waals surface area contributed by atoms with E-state index < -0.39 is 5.97 Å². The molecule has 0 radical (unpaired) electrons. The highest BCUT2D eigenvalue weighted by molar-refractivity contribution is 6.02. The predicted octanol–water partition coefficient (Wildman–Crippen LogP) is 2.98. The largest absolute Gasteiger partial charge is 0.497 e. The van der Waals surface area contributed by atoms with Crippen LogP contribution in [-0.4, -0.2) is 57.3 Å². The van der Waals surface area contributed by atoms with Gasteiger partial charge in [-0.3, -0.25) is 4.79 Å². The summed E-state index contributed by atoms with van der Waals surface area (Å²) in [5, 5.41) is 18.9. The van der Waals surface area contributed by atoms with Crippen LogP contribution in [0.3, 0.4) is 0 Å². The van der Waals surface area contributed by atoms with E-state index in [1.807, 2.05) is 12.1 Å². The number of morpholine rings is 1. The Balaban J connectivity index is 1.79. The van der Waals surface area contributed by atoms with Crippen LogP contribution in [0.2, 0.25) is 0 Å². The minimum absolute atomic E-state index is 0.0344. The van der Waals surface area contributed by atoms with Crippen molar-refractivity contribution in [1.29, 1.82) is 10.5 Å². The number of nitriles is 2. The molecule has 1 aliphatic heterocycles. The second kappa shape index (κ2) is 12.0. The molecule has 35 heavy (non-hydrogen) atoms. The van der Waals surface area contributed by atoms with E-state index in [1.54, 1.807) is 42.3 Å². The van der Waals surface area contributed by atoms with E-state index in [9.17, 15) is 20.1 Å². The molecule has 0 aromatic heterocycles. The molecule has 0 spiro atoms. The van der Waals surface area contributed by atoms with Gasteiger partial charge in [0.25, 0.3) is 5.91 Å². The topological polar surface area (TPSA) is 122 Å². The predicted molar refractivity (Wildman–Crippen MR) is 126 cm³/mol. The summed E-state index contributed by atoms with van der Waals surface area (Å²) in [6, 6.07) is 15.2. The highest BCUT2D eigenvalue weighted by atomic mass is 16.6. The molecule has 1 amide bonds. The van der Waals surface area contributed by atoms with E-state index in [-0.39, 0.29) is 28.6 Å². The van der Waals surface area contributed by atoms with Crippen molar-refractivity contribution in [1.82, 2.24) is 4.90 Å². The lowest BCUT2D eigenvalue weighted by atomic mass is 10.1. The molecule has 1 fully saturated rings. The highest BCUT2D eigenvalue weighted by Gasteiger charge is 2.21. The SMILES string of the molecule is COc1ccc(/C=C(\C#N)C(=O)Oc2ccc(/C=C(\C#N)C(=O)N3CCOCC3)cc2OC)cc1. The molecule has 1 saturated heterocycles. The second-order valence-corrected chi connectivity index (χ2v) is 7.32. The lowest BCUT2D eigenvalue weighted by Crippen LogP contribution is -2.41. The average molecular weight is 473 g/mol. The minimum Gasteiger partial charge on any atom is -0.497 e. The first kappa shape index (κ1) is 25.0. The Labute approximate surface area is 203 Å². The fourth-order valence-corrected chi connectivity index (χ4v) is 3.26. The van der Waals surface area contributed by atoms with E-state index in [2.05, 4.69) is 0 Å². The van der Waals surface area contributed by atoms with Crippen LogP contribution in [0.25, 0.3) is 12.2 Å². The van der Waals surface area contributed by atoms with Crippen molar-refractivity contribution in [3.05, 3.63) is 64.7 Å². The van der Waals surface area contributed by atoms with E-state index >= 15 is 0 Å². The Kier molecular flexibility index (Phi) is 8.60. The van der Waals surface area contributed by atoms with Gasteiger partial charge in [0.2, 0.25) is 0 Å². The maximum absolute atomic E-state index is 12.6. The number of hydrogen-bond acceptors (Lipinski definition) is 8. The molecule has 0 atom stereocenters. The first-order valence-electron chi connectivity index (χ1n) is 10.6. The third-order valence-corrected chi connectivity index (χ3v) is 5.12. The molecule has 1 aliphatic rings. The van der Waals surface area contributed by atoms with E-state index in [0.717, 1.165) is 0 Å². The summed E-state index contributed by atoms with van der Waals surface area (Å²) < 4.78 is 21.0. The van der Waals surface area contributed by atoms with Crippen molar-refractivity contribution in [3.63, 3.8) is 0 Å². The van der Waals surface area contributed by atoms with Gasteiger partial charge < -0.3 is 23.8 Å². The lowest BCUT2D eigenvalue weighted by Gasteiger charge is -2.26. The molecular formula is C26H23N3O6. The Morgan fingerprint density at radius 3 is 2.11 bits per heavy atom. The summed E-state index contributed by atoms with van der Waals surface area (Å²) in [6.45, 7) is 1.69. The lowest BCUT2D eigenvalue weighted by molar-refractivity contribution is -0.131. The van der Waals surface area contributed by atoms with Crippen LogP contribution in [0.15, 0.2) is 53.6 Å². The van der Waals surface area contributed by atoms with Crippen LogP contribution >= 0.6 is 0 Å². The minimum atomic E-state index is -0.856. The first-order valence-corrected chi connectivity index (χ1v) is 10.6. The molecule has 0 bridgehead atoms. The van der Waals surface area contributed by atoms with Gasteiger partial charge >= 0.3 is 5.97 Å². The van der Waals surface area contributed by atoms with Gasteiger partial charge in [0.15, 0.2) is 11.5 Å². The fourth-order valence-electron chi connectivity index (χ4n) is 3.26. The van der Waals surface area contributed by atoms with Crippen LogP contribution in [-0.2, 0) is 14.3 Å². The zero-order valence-electron chi connectivity index (χ0n) is 19.3. The molecule has 0 saturated carbocycles. The quantitative estimate of drug-likeness (QED) is 0.260. The van der Waals surface area contributed by atoms with Gasteiger partial charge in [0.05, 0.1) is 27.4 Å².